The molecule has 5 heteroatoms. The molecular weight excluding hydrogens is 284 g/mol. The van der Waals surface area contributed by atoms with Gasteiger partial charge in [-0.05, 0) is 18.6 Å². The van der Waals surface area contributed by atoms with Crippen LogP contribution in [0.5, 0.6) is 0 Å². The molecule has 0 radical (unpaired) electrons. The van der Waals surface area contributed by atoms with Gasteiger partial charge in [0.1, 0.15) is 0 Å². The number of sulfonamides is 1. The van der Waals surface area contributed by atoms with E-state index < -0.39 is 10.0 Å². The van der Waals surface area contributed by atoms with Gasteiger partial charge in [-0.2, -0.15) is 0 Å². The average Bonchev–Trinajstić information content (AvgIpc) is 2.47. The molecule has 0 aromatic heterocycles. The van der Waals surface area contributed by atoms with Crippen LogP contribution in [-0.4, -0.2) is 14.5 Å². The van der Waals surface area contributed by atoms with E-state index in [1.807, 2.05) is 19.1 Å². The highest BCUT2D eigenvalue weighted by Gasteiger charge is 2.21. The van der Waals surface area contributed by atoms with E-state index in [1.165, 1.54) is 6.07 Å². The van der Waals surface area contributed by atoms with Crippen molar-refractivity contribution in [2.75, 3.05) is 5.73 Å². The first-order valence-electron chi connectivity index (χ1n) is 6.72. The van der Waals surface area contributed by atoms with Crippen LogP contribution >= 0.6 is 0 Å². The van der Waals surface area contributed by atoms with Crippen molar-refractivity contribution >= 4 is 26.5 Å². The van der Waals surface area contributed by atoms with Crippen molar-refractivity contribution in [1.29, 1.82) is 0 Å². The summed E-state index contributed by atoms with van der Waals surface area (Å²) in [6, 6.07) is 10.1. The molecule has 0 saturated carbocycles. The summed E-state index contributed by atoms with van der Waals surface area (Å²) in [7, 11) is -3.64. The molecule has 0 aliphatic heterocycles. The number of nitrogen functional groups attached to an aromatic ring is 1. The van der Waals surface area contributed by atoms with E-state index in [0.717, 1.165) is 5.39 Å². The van der Waals surface area contributed by atoms with Crippen LogP contribution in [0, 0.1) is 12.3 Å². The van der Waals surface area contributed by atoms with Crippen molar-refractivity contribution in [2.24, 2.45) is 0 Å². The average molecular weight is 302 g/mol. The number of rotatable bonds is 5. The van der Waals surface area contributed by atoms with E-state index >= 15 is 0 Å². The van der Waals surface area contributed by atoms with Crippen molar-refractivity contribution in [3.63, 3.8) is 0 Å². The standard InChI is InChI=1S/C16H18N2O2S/c1-3-7-12(4-2)18-21(19,20)16-11-10-15(17)13-8-5-6-9-14(13)16/h1,5-6,8-12,18H,4,7,17H2,2H3. The van der Waals surface area contributed by atoms with E-state index in [0.29, 0.717) is 23.9 Å². The SMILES string of the molecule is C#CCC(CC)NS(=O)(=O)c1ccc(N)c2ccccc12. The third-order valence-electron chi connectivity index (χ3n) is 3.39. The number of benzene rings is 2. The monoisotopic (exact) mass is 302 g/mol. The second-order valence-electron chi connectivity index (χ2n) is 4.83. The lowest BCUT2D eigenvalue weighted by Gasteiger charge is -2.16. The zero-order valence-corrected chi connectivity index (χ0v) is 12.7. The lowest BCUT2D eigenvalue weighted by molar-refractivity contribution is 0.545. The van der Waals surface area contributed by atoms with E-state index in [1.54, 1.807) is 18.2 Å². The predicted octanol–water partition coefficient (Wildman–Crippen LogP) is 2.50. The molecule has 1 unspecified atom stereocenters. The summed E-state index contributed by atoms with van der Waals surface area (Å²) in [4.78, 5) is 0.225. The van der Waals surface area contributed by atoms with Gasteiger partial charge in [-0.25, -0.2) is 13.1 Å². The molecule has 1 atom stereocenters. The van der Waals surface area contributed by atoms with Crippen LogP contribution in [0.1, 0.15) is 19.8 Å². The molecule has 0 fully saturated rings. The van der Waals surface area contributed by atoms with Crippen LogP contribution in [0.4, 0.5) is 5.69 Å². The number of hydrogen-bond acceptors (Lipinski definition) is 3. The number of hydrogen-bond donors (Lipinski definition) is 2. The Hall–Kier alpha value is -2.03. The smallest absolute Gasteiger partial charge is 0.241 e. The number of terminal acetylenes is 1. The maximum Gasteiger partial charge on any atom is 0.241 e. The third kappa shape index (κ3) is 3.18. The first-order chi connectivity index (χ1) is 9.99. The number of nitrogens with two attached hydrogens (primary N) is 1. The minimum absolute atomic E-state index is 0.225. The third-order valence-corrected chi connectivity index (χ3v) is 4.96. The fourth-order valence-electron chi connectivity index (χ4n) is 2.22. The van der Waals surface area contributed by atoms with Gasteiger partial charge in [0.05, 0.1) is 4.90 Å². The van der Waals surface area contributed by atoms with Crippen molar-refractivity contribution in [3.8, 4) is 12.3 Å². The van der Waals surface area contributed by atoms with Crippen LogP contribution in [-0.2, 0) is 10.0 Å². The minimum atomic E-state index is -3.64. The summed E-state index contributed by atoms with van der Waals surface area (Å²) < 4.78 is 27.8. The largest absolute Gasteiger partial charge is 0.398 e. The molecule has 21 heavy (non-hydrogen) atoms. The van der Waals surface area contributed by atoms with Crippen molar-refractivity contribution in [2.45, 2.75) is 30.7 Å². The fraction of sp³-hybridized carbons (Fsp3) is 0.250. The Morgan fingerprint density at radius 1 is 1.24 bits per heavy atom. The predicted molar refractivity (Wildman–Crippen MR) is 86.2 cm³/mol. The maximum atomic E-state index is 12.6. The molecule has 2 aromatic carbocycles. The number of anilines is 1. The molecule has 0 heterocycles. The molecule has 0 spiro atoms. The summed E-state index contributed by atoms with van der Waals surface area (Å²) in [6.45, 7) is 1.89. The molecule has 0 bridgehead atoms. The first kappa shape index (κ1) is 15.4. The molecule has 3 N–H and O–H groups in total. The molecule has 0 aliphatic carbocycles. The lowest BCUT2D eigenvalue weighted by atomic mass is 10.1. The normalized spacial score (nSPS) is 13.0. The minimum Gasteiger partial charge on any atom is -0.398 e. The molecule has 0 aliphatic rings. The molecular formula is C16H18N2O2S. The first-order valence-corrected chi connectivity index (χ1v) is 8.21. The van der Waals surface area contributed by atoms with Crippen molar-refractivity contribution < 1.29 is 8.42 Å². The maximum absolute atomic E-state index is 12.6. The summed E-state index contributed by atoms with van der Waals surface area (Å²) >= 11 is 0. The topological polar surface area (TPSA) is 72.2 Å². The van der Waals surface area contributed by atoms with Gasteiger partial charge in [-0.15, -0.1) is 12.3 Å². The van der Waals surface area contributed by atoms with Gasteiger partial charge in [0.25, 0.3) is 0 Å². The highest BCUT2D eigenvalue weighted by Crippen LogP contribution is 2.27. The lowest BCUT2D eigenvalue weighted by Crippen LogP contribution is -2.34. The Kier molecular flexibility index (Phi) is 4.51. The Balaban J connectivity index is 2.51. The van der Waals surface area contributed by atoms with Crippen LogP contribution in [0.2, 0.25) is 0 Å². The Morgan fingerprint density at radius 3 is 2.52 bits per heavy atom. The number of fused-ring (bicyclic) bond motifs is 1. The van der Waals surface area contributed by atoms with E-state index in [9.17, 15) is 8.42 Å². The van der Waals surface area contributed by atoms with Crippen LogP contribution in [0.3, 0.4) is 0 Å². The second-order valence-corrected chi connectivity index (χ2v) is 6.52. The van der Waals surface area contributed by atoms with Gasteiger partial charge in [-0.3, -0.25) is 0 Å². The Morgan fingerprint density at radius 2 is 1.90 bits per heavy atom. The van der Waals surface area contributed by atoms with Crippen LogP contribution in [0.15, 0.2) is 41.3 Å². The second kappa shape index (κ2) is 6.17. The molecule has 110 valence electrons. The van der Waals surface area contributed by atoms with E-state index in [4.69, 9.17) is 12.2 Å². The summed E-state index contributed by atoms with van der Waals surface area (Å²) in [5.74, 6) is 2.49. The van der Waals surface area contributed by atoms with Gasteiger partial charge in [0, 0.05) is 28.9 Å². The van der Waals surface area contributed by atoms with E-state index in [2.05, 4.69) is 10.6 Å². The Labute approximate surface area is 125 Å². The van der Waals surface area contributed by atoms with Crippen LogP contribution < -0.4 is 10.5 Å². The zero-order valence-electron chi connectivity index (χ0n) is 11.8. The number of nitrogens with one attached hydrogen (secondary N) is 1. The molecule has 2 aromatic rings. The highest BCUT2D eigenvalue weighted by molar-refractivity contribution is 7.89. The molecule has 0 amide bonds. The molecule has 4 nitrogen and oxygen atoms in total. The van der Waals surface area contributed by atoms with Crippen molar-refractivity contribution in [1.82, 2.24) is 4.72 Å². The Bertz CT molecular complexity index is 792. The summed E-state index contributed by atoms with van der Waals surface area (Å²) in [6.07, 6.45) is 6.27. The summed E-state index contributed by atoms with van der Waals surface area (Å²) in [5, 5.41) is 1.34. The fourth-order valence-corrected chi connectivity index (χ4v) is 3.75. The van der Waals surface area contributed by atoms with Crippen LogP contribution in [0.25, 0.3) is 10.8 Å². The van der Waals surface area contributed by atoms with Gasteiger partial charge >= 0.3 is 0 Å². The van der Waals surface area contributed by atoms with Gasteiger partial charge < -0.3 is 5.73 Å². The summed E-state index contributed by atoms with van der Waals surface area (Å²) in [5.41, 5.74) is 6.46. The molecule has 2 rings (SSSR count). The molecule has 0 saturated heterocycles. The van der Waals surface area contributed by atoms with Gasteiger partial charge in [0.15, 0.2) is 0 Å². The van der Waals surface area contributed by atoms with Crippen molar-refractivity contribution in [3.05, 3.63) is 36.4 Å². The van der Waals surface area contributed by atoms with Gasteiger partial charge in [-0.1, -0.05) is 31.2 Å². The zero-order chi connectivity index (χ0) is 15.5. The van der Waals surface area contributed by atoms with Gasteiger partial charge in [0.2, 0.25) is 10.0 Å². The van der Waals surface area contributed by atoms with E-state index in [-0.39, 0.29) is 10.9 Å². The quantitative estimate of drug-likeness (QED) is 0.658. The highest BCUT2D eigenvalue weighted by atomic mass is 32.2.